The van der Waals surface area contributed by atoms with Crippen molar-refractivity contribution >= 4 is 17.4 Å². The molecule has 1 N–H and O–H groups in total. The SMILES string of the molecule is O=C1CN(C2CCOC2)c2ncncc2N1. The average Bonchev–Trinajstić information content (AvgIpc) is 2.81. The Morgan fingerprint density at radius 1 is 1.56 bits per heavy atom. The molecule has 1 aromatic heterocycles. The Hall–Kier alpha value is -1.69. The summed E-state index contributed by atoms with van der Waals surface area (Å²) >= 11 is 0. The van der Waals surface area contributed by atoms with Crippen molar-refractivity contribution < 1.29 is 9.53 Å². The van der Waals surface area contributed by atoms with E-state index in [1.165, 1.54) is 6.33 Å². The predicted molar refractivity (Wildman–Crippen MR) is 57.2 cm³/mol. The van der Waals surface area contributed by atoms with Crippen LogP contribution in [0.4, 0.5) is 11.5 Å². The molecule has 0 bridgehead atoms. The maximum absolute atomic E-state index is 11.5. The lowest BCUT2D eigenvalue weighted by Gasteiger charge is -2.33. The van der Waals surface area contributed by atoms with E-state index in [9.17, 15) is 4.79 Å². The average molecular weight is 220 g/mol. The zero-order valence-corrected chi connectivity index (χ0v) is 8.72. The molecule has 1 atom stereocenters. The van der Waals surface area contributed by atoms with Crippen molar-refractivity contribution in [1.82, 2.24) is 9.97 Å². The first-order valence-electron chi connectivity index (χ1n) is 5.29. The highest BCUT2D eigenvalue weighted by Gasteiger charge is 2.31. The van der Waals surface area contributed by atoms with Gasteiger partial charge in [0.1, 0.15) is 12.0 Å². The second kappa shape index (κ2) is 3.71. The van der Waals surface area contributed by atoms with Crippen LogP contribution in [-0.2, 0) is 9.53 Å². The fourth-order valence-electron chi connectivity index (χ4n) is 2.13. The summed E-state index contributed by atoms with van der Waals surface area (Å²) in [6, 6.07) is 0.250. The van der Waals surface area contributed by atoms with Crippen LogP contribution in [0, 0.1) is 0 Å². The molecule has 0 aliphatic carbocycles. The zero-order chi connectivity index (χ0) is 11.0. The molecule has 84 valence electrons. The normalized spacial score (nSPS) is 24.1. The van der Waals surface area contributed by atoms with Gasteiger partial charge in [0.2, 0.25) is 5.91 Å². The number of aromatic nitrogens is 2. The van der Waals surface area contributed by atoms with Crippen LogP contribution in [0.3, 0.4) is 0 Å². The van der Waals surface area contributed by atoms with Gasteiger partial charge in [-0.25, -0.2) is 9.97 Å². The molecule has 2 aliphatic rings. The maximum Gasteiger partial charge on any atom is 0.244 e. The van der Waals surface area contributed by atoms with Gasteiger partial charge in [0.25, 0.3) is 0 Å². The Bertz CT molecular complexity index is 417. The van der Waals surface area contributed by atoms with Gasteiger partial charge in [0, 0.05) is 6.61 Å². The van der Waals surface area contributed by atoms with E-state index in [1.54, 1.807) is 6.20 Å². The highest BCUT2D eigenvalue weighted by Crippen LogP contribution is 2.29. The first-order valence-corrected chi connectivity index (χ1v) is 5.29. The highest BCUT2D eigenvalue weighted by molar-refractivity contribution is 6.00. The molecule has 6 heteroatoms. The lowest BCUT2D eigenvalue weighted by Crippen LogP contribution is -2.45. The Kier molecular flexibility index (Phi) is 2.21. The minimum absolute atomic E-state index is 0.0193. The predicted octanol–water partition coefficient (Wildman–Crippen LogP) is 0.0240. The van der Waals surface area contributed by atoms with E-state index < -0.39 is 0 Å². The number of carbonyl (C=O) groups is 1. The molecule has 1 aromatic rings. The summed E-state index contributed by atoms with van der Waals surface area (Å²) in [5.41, 5.74) is 0.686. The Morgan fingerprint density at radius 3 is 3.31 bits per heavy atom. The van der Waals surface area contributed by atoms with Gasteiger partial charge in [0.15, 0.2) is 5.82 Å². The van der Waals surface area contributed by atoms with E-state index in [0.717, 1.165) is 18.8 Å². The number of rotatable bonds is 1. The van der Waals surface area contributed by atoms with Gasteiger partial charge >= 0.3 is 0 Å². The first kappa shape index (κ1) is 9.53. The third kappa shape index (κ3) is 1.51. The van der Waals surface area contributed by atoms with E-state index in [-0.39, 0.29) is 11.9 Å². The van der Waals surface area contributed by atoms with E-state index >= 15 is 0 Å². The van der Waals surface area contributed by atoms with Crippen LogP contribution >= 0.6 is 0 Å². The third-order valence-electron chi connectivity index (χ3n) is 2.90. The van der Waals surface area contributed by atoms with Gasteiger partial charge in [0.05, 0.1) is 25.4 Å². The third-order valence-corrected chi connectivity index (χ3v) is 2.90. The molecular formula is C10H12N4O2. The van der Waals surface area contributed by atoms with E-state index in [2.05, 4.69) is 15.3 Å². The molecule has 0 radical (unpaired) electrons. The molecule has 1 saturated heterocycles. The number of hydrogen-bond donors (Lipinski definition) is 1. The number of nitrogens with one attached hydrogen (secondary N) is 1. The fraction of sp³-hybridized carbons (Fsp3) is 0.500. The van der Waals surface area contributed by atoms with Gasteiger partial charge in [-0.3, -0.25) is 4.79 Å². The van der Waals surface area contributed by atoms with Crippen LogP contribution in [0.25, 0.3) is 0 Å². The van der Waals surface area contributed by atoms with Crippen molar-refractivity contribution in [1.29, 1.82) is 0 Å². The monoisotopic (exact) mass is 220 g/mol. The summed E-state index contributed by atoms with van der Waals surface area (Å²) in [4.78, 5) is 21.7. The number of ether oxygens (including phenoxy) is 1. The van der Waals surface area contributed by atoms with Crippen LogP contribution < -0.4 is 10.2 Å². The molecule has 1 unspecified atom stereocenters. The second-order valence-corrected chi connectivity index (χ2v) is 3.95. The minimum Gasteiger partial charge on any atom is -0.379 e. The zero-order valence-electron chi connectivity index (χ0n) is 8.72. The highest BCUT2D eigenvalue weighted by atomic mass is 16.5. The Morgan fingerprint density at radius 2 is 2.50 bits per heavy atom. The van der Waals surface area contributed by atoms with Gasteiger partial charge in [-0.2, -0.15) is 0 Å². The van der Waals surface area contributed by atoms with Crippen LogP contribution in [-0.4, -0.2) is 41.7 Å². The number of nitrogens with zero attached hydrogens (tertiary/aromatic N) is 3. The van der Waals surface area contributed by atoms with Gasteiger partial charge < -0.3 is 15.0 Å². The molecule has 1 fully saturated rings. The number of fused-ring (bicyclic) bond motifs is 1. The van der Waals surface area contributed by atoms with Crippen molar-refractivity contribution in [3.05, 3.63) is 12.5 Å². The second-order valence-electron chi connectivity index (χ2n) is 3.95. The molecule has 0 aromatic carbocycles. The van der Waals surface area contributed by atoms with E-state index in [1.807, 2.05) is 4.90 Å². The summed E-state index contributed by atoms with van der Waals surface area (Å²) in [5.74, 6) is 0.777. The number of hydrogen-bond acceptors (Lipinski definition) is 5. The molecule has 16 heavy (non-hydrogen) atoms. The van der Waals surface area contributed by atoms with Crippen molar-refractivity contribution in [2.45, 2.75) is 12.5 Å². The summed E-state index contributed by atoms with van der Waals surface area (Å²) in [7, 11) is 0. The van der Waals surface area contributed by atoms with Gasteiger partial charge in [-0.1, -0.05) is 0 Å². The summed E-state index contributed by atoms with van der Waals surface area (Å²) in [6.45, 7) is 1.76. The maximum atomic E-state index is 11.5. The van der Waals surface area contributed by atoms with Crippen molar-refractivity contribution in [3.63, 3.8) is 0 Å². The number of carbonyl (C=O) groups excluding carboxylic acids is 1. The van der Waals surface area contributed by atoms with Gasteiger partial charge in [-0.15, -0.1) is 0 Å². The Labute approximate surface area is 92.6 Å². The topological polar surface area (TPSA) is 67.4 Å². The van der Waals surface area contributed by atoms with E-state index in [0.29, 0.717) is 18.8 Å². The van der Waals surface area contributed by atoms with Crippen LogP contribution in [0.5, 0.6) is 0 Å². The molecule has 1 amide bonds. The van der Waals surface area contributed by atoms with Crippen molar-refractivity contribution in [3.8, 4) is 0 Å². The Balaban J connectivity index is 1.96. The van der Waals surface area contributed by atoms with Gasteiger partial charge in [-0.05, 0) is 6.42 Å². The largest absolute Gasteiger partial charge is 0.379 e. The summed E-state index contributed by atoms with van der Waals surface area (Å²) < 4.78 is 5.34. The quantitative estimate of drug-likeness (QED) is 0.723. The molecule has 3 rings (SSSR count). The van der Waals surface area contributed by atoms with Crippen molar-refractivity contribution in [2.75, 3.05) is 30.0 Å². The molecular weight excluding hydrogens is 208 g/mol. The van der Waals surface area contributed by atoms with Crippen LogP contribution in [0.2, 0.25) is 0 Å². The molecule has 2 aliphatic heterocycles. The van der Waals surface area contributed by atoms with Crippen LogP contribution in [0.1, 0.15) is 6.42 Å². The van der Waals surface area contributed by atoms with Crippen molar-refractivity contribution in [2.24, 2.45) is 0 Å². The summed E-state index contributed by atoms with van der Waals surface area (Å²) in [6.07, 6.45) is 4.07. The molecule has 3 heterocycles. The lowest BCUT2D eigenvalue weighted by atomic mass is 10.2. The fourth-order valence-corrected chi connectivity index (χ4v) is 2.13. The van der Waals surface area contributed by atoms with E-state index in [4.69, 9.17) is 4.74 Å². The van der Waals surface area contributed by atoms with Crippen LogP contribution in [0.15, 0.2) is 12.5 Å². The summed E-state index contributed by atoms with van der Waals surface area (Å²) in [5, 5.41) is 2.77. The molecule has 6 nitrogen and oxygen atoms in total. The minimum atomic E-state index is -0.0193. The number of anilines is 2. The molecule has 0 spiro atoms. The first-order chi connectivity index (χ1) is 7.84. The molecule has 0 saturated carbocycles. The lowest BCUT2D eigenvalue weighted by molar-refractivity contribution is -0.115. The number of amides is 1. The smallest absolute Gasteiger partial charge is 0.244 e. The standard InChI is InChI=1S/C10H12N4O2/c15-9-4-14(7-1-2-16-5-7)10-8(13-9)3-11-6-12-10/h3,6-7H,1-2,4-5H2,(H,13,15).